The number of aliphatic hydroxyl groups is 1. The minimum absolute atomic E-state index is 0.269. The molecule has 0 aliphatic carbocycles. The van der Waals surface area contributed by atoms with E-state index < -0.39 is 5.97 Å². The molecule has 1 saturated heterocycles. The quantitative estimate of drug-likeness (QED) is 0.544. The standard InChI is InChI=1S/C5H9NO2.C2H6.CH4O/c7-5(8)4-2-1-3-6-4;2*1-2/h4,6H,1-3H2,(H,7,8);1-2H3;2H,1H3. The van der Waals surface area contributed by atoms with Crippen molar-refractivity contribution in [1.82, 2.24) is 5.32 Å². The number of carbonyl (C=O) groups is 1. The van der Waals surface area contributed by atoms with Gasteiger partial charge in [0.05, 0.1) is 0 Å². The van der Waals surface area contributed by atoms with Crippen LogP contribution in [0.25, 0.3) is 0 Å². The van der Waals surface area contributed by atoms with E-state index in [0.29, 0.717) is 0 Å². The third kappa shape index (κ3) is 6.12. The molecule has 1 rings (SSSR count). The molecule has 0 radical (unpaired) electrons. The zero-order valence-corrected chi connectivity index (χ0v) is 8.00. The average molecular weight is 177 g/mol. The SMILES string of the molecule is CC.CO.O=C(O)C1CCCN1. The van der Waals surface area contributed by atoms with Gasteiger partial charge in [-0.1, -0.05) is 13.8 Å². The summed E-state index contributed by atoms with van der Waals surface area (Å²) in [7, 11) is 1.00. The van der Waals surface area contributed by atoms with E-state index in [1.165, 1.54) is 0 Å². The minimum atomic E-state index is -0.720. The van der Waals surface area contributed by atoms with Crippen molar-refractivity contribution in [3.63, 3.8) is 0 Å². The fourth-order valence-corrected chi connectivity index (χ4v) is 0.895. The molecule has 1 fully saturated rings. The van der Waals surface area contributed by atoms with E-state index in [2.05, 4.69) is 5.32 Å². The second-order valence-electron chi connectivity index (χ2n) is 1.99. The first-order valence-corrected chi connectivity index (χ1v) is 4.21. The first-order chi connectivity index (χ1) is 5.80. The summed E-state index contributed by atoms with van der Waals surface area (Å²) in [6.07, 6.45) is 1.78. The van der Waals surface area contributed by atoms with E-state index in [4.69, 9.17) is 10.2 Å². The van der Waals surface area contributed by atoms with E-state index in [0.717, 1.165) is 26.5 Å². The van der Waals surface area contributed by atoms with Gasteiger partial charge in [0.1, 0.15) is 6.04 Å². The van der Waals surface area contributed by atoms with Crippen molar-refractivity contribution in [2.24, 2.45) is 0 Å². The van der Waals surface area contributed by atoms with Gasteiger partial charge in [-0.25, -0.2) is 0 Å². The van der Waals surface area contributed by atoms with Crippen molar-refractivity contribution in [2.75, 3.05) is 13.7 Å². The Morgan fingerprint density at radius 3 is 2.08 bits per heavy atom. The van der Waals surface area contributed by atoms with Gasteiger partial charge in [0.15, 0.2) is 0 Å². The van der Waals surface area contributed by atoms with Gasteiger partial charge in [0.2, 0.25) is 0 Å². The first kappa shape index (κ1) is 13.9. The van der Waals surface area contributed by atoms with E-state index in [1.807, 2.05) is 13.8 Å². The second kappa shape index (κ2) is 10.4. The van der Waals surface area contributed by atoms with E-state index >= 15 is 0 Å². The summed E-state index contributed by atoms with van der Waals surface area (Å²) in [5, 5.41) is 18.2. The number of carboxylic acid groups (broad SMARTS) is 1. The predicted octanol–water partition coefficient (Wildman–Crippen LogP) is 0.458. The van der Waals surface area contributed by atoms with Crippen LogP contribution in [-0.2, 0) is 4.79 Å². The number of aliphatic carboxylic acids is 1. The van der Waals surface area contributed by atoms with Crippen molar-refractivity contribution in [1.29, 1.82) is 0 Å². The Labute approximate surface area is 73.6 Å². The highest BCUT2D eigenvalue weighted by Gasteiger charge is 2.20. The van der Waals surface area contributed by atoms with Crippen molar-refractivity contribution in [3.8, 4) is 0 Å². The Balaban J connectivity index is 0. The van der Waals surface area contributed by atoms with Gasteiger partial charge in [-0.2, -0.15) is 0 Å². The third-order valence-corrected chi connectivity index (χ3v) is 1.36. The number of rotatable bonds is 1. The largest absolute Gasteiger partial charge is 0.480 e. The highest BCUT2D eigenvalue weighted by molar-refractivity contribution is 5.73. The van der Waals surface area contributed by atoms with Gasteiger partial charge in [-0.05, 0) is 19.4 Å². The maximum atomic E-state index is 10.1. The molecule has 1 heterocycles. The topological polar surface area (TPSA) is 69.6 Å². The van der Waals surface area contributed by atoms with Gasteiger partial charge in [-0.15, -0.1) is 0 Å². The summed E-state index contributed by atoms with van der Waals surface area (Å²) < 4.78 is 0. The molecule has 1 aliphatic heterocycles. The molecule has 4 heteroatoms. The van der Waals surface area contributed by atoms with Gasteiger partial charge < -0.3 is 15.5 Å². The Morgan fingerprint density at radius 2 is 1.92 bits per heavy atom. The van der Waals surface area contributed by atoms with Crippen LogP contribution in [0.1, 0.15) is 26.7 Å². The molecule has 0 amide bonds. The van der Waals surface area contributed by atoms with Crippen LogP contribution in [0, 0.1) is 0 Å². The number of carboxylic acids is 1. The smallest absolute Gasteiger partial charge is 0.320 e. The maximum Gasteiger partial charge on any atom is 0.320 e. The molecular formula is C8H19NO3. The monoisotopic (exact) mass is 177 g/mol. The van der Waals surface area contributed by atoms with E-state index in [1.54, 1.807) is 0 Å². The molecule has 0 aromatic carbocycles. The van der Waals surface area contributed by atoms with Gasteiger partial charge in [-0.3, -0.25) is 4.79 Å². The molecule has 0 spiro atoms. The Bertz CT molecular complexity index is 100. The van der Waals surface area contributed by atoms with Crippen LogP contribution >= 0.6 is 0 Å². The van der Waals surface area contributed by atoms with Crippen molar-refractivity contribution in [3.05, 3.63) is 0 Å². The molecule has 74 valence electrons. The molecule has 0 bridgehead atoms. The fourth-order valence-electron chi connectivity index (χ4n) is 0.895. The van der Waals surface area contributed by atoms with Crippen molar-refractivity contribution in [2.45, 2.75) is 32.7 Å². The van der Waals surface area contributed by atoms with Crippen LogP contribution in [0.15, 0.2) is 0 Å². The maximum absolute atomic E-state index is 10.1. The van der Waals surface area contributed by atoms with Crippen molar-refractivity contribution >= 4 is 5.97 Å². The fraction of sp³-hybridized carbons (Fsp3) is 0.875. The first-order valence-electron chi connectivity index (χ1n) is 4.21. The lowest BCUT2D eigenvalue weighted by atomic mass is 10.2. The Morgan fingerprint density at radius 1 is 1.42 bits per heavy atom. The average Bonchev–Trinajstić information content (AvgIpc) is 2.64. The molecule has 3 N–H and O–H groups in total. The summed E-state index contributed by atoms with van der Waals surface area (Å²) in [6.45, 7) is 4.86. The Kier molecular flexibility index (Phi) is 12.1. The van der Waals surface area contributed by atoms with Crippen LogP contribution in [-0.4, -0.2) is 35.9 Å². The zero-order valence-electron chi connectivity index (χ0n) is 8.00. The second-order valence-corrected chi connectivity index (χ2v) is 1.99. The van der Waals surface area contributed by atoms with Crippen LogP contribution in [0.4, 0.5) is 0 Å². The van der Waals surface area contributed by atoms with Gasteiger partial charge in [0.25, 0.3) is 0 Å². The molecule has 1 aliphatic rings. The van der Waals surface area contributed by atoms with E-state index in [9.17, 15) is 4.79 Å². The van der Waals surface area contributed by atoms with Crippen molar-refractivity contribution < 1.29 is 15.0 Å². The lowest BCUT2D eigenvalue weighted by Crippen LogP contribution is -2.29. The number of hydrogen-bond donors (Lipinski definition) is 3. The minimum Gasteiger partial charge on any atom is -0.480 e. The molecule has 0 aromatic rings. The van der Waals surface area contributed by atoms with Crippen LogP contribution in [0.5, 0.6) is 0 Å². The molecule has 12 heavy (non-hydrogen) atoms. The van der Waals surface area contributed by atoms with Crippen LogP contribution < -0.4 is 5.32 Å². The zero-order chi connectivity index (χ0) is 9.98. The van der Waals surface area contributed by atoms with Gasteiger partial charge >= 0.3 is 5.97 Å². The summed E-state index contributed by atoms with van der Waals surface area (Å²) in [5.74, 6) is -0.720. The molecule has 4 nitrogen and oxygen atoms in total. The predicted molar refractivity (Wildman–Crippen MR) is 48.2 cm³/mol. The normalized spacial score (nSPS) is 19.8. The summed E-state index contributed by atoms with van der Waals surface area (Å²) in [4.78, 5) is 10.1. The number of aliphatic hydroxyl groups excluding tert-OH is 1. The van der Waals surface area contributed by atoms with Crippen LogP contribution in [0.3, 0.4) is 0 Å². The number of nitrogens with one attached hydrogen (secondary N) is 1. The van der Waals surface area contributed by atoms with Gasteiger partial charge in [0, 0.05) is 7.11 Å². The number of hydrogen-bond acceptors (Lipinski definition) is 3. The highest BCUT2D eigenvalue weighted by Crippen LogP contribution is 2.03. The molecule has 1 unspecified atom stereocenters. The lowest BCUT2D eigenvalue weighted by Gasteiger charge is -1.99. The summed E-state index contributed by atoms with van der Waals surface area (Å²) >= 11 is 0. The molecular weight excluding hydrogens is 158 g/mol. The molecule has 0 aromatic heterocycles. The van der Waals surface area contributed by atoms with Crippen LogP contribution in [0.2, 0.25) is 0 Å². The third-order valence-electron chi connectivity index (χ3n) is 1.36. The summed E-state index contributed by atoms with van der Waals surface area (Å²) in [5.41, 5.74) is 0. The molecule has 1 atom stereocenters. The summed E-state index contributed by atoms with van der Waals surface area (Å²) in [6, 6.07) is -0.269. The molecule has 0 saturated carbocycles. The van der Waals surface area contributed by atoms with E-state index in [-0.39, 0.29) is 6.04 Å². The lowest BCUT2D eigenvalue weighted by molar-refractivity contribution is -0.139. The Hall–Kier alpha value is -0.610. The highest BCUT2D eigenvalue weighted by atomic mass is 16.4.